The van der Waals surface area contributed by atoms with Crippen molar-refractivity contribution in [3.05, 3.63) is 42.4 Å². The molecule has 0 fully saturated rings. The number of nitrogens with zero attached hydrogens (tertiary/aromatic N) is 2. The number of anilines is 1. The monoisotopic (exact) mass is 295 g/mol. The summed E-state index contributed by atoms with van der Waals surface area (Å²) in [6, 6.07) is 9.70. The molecule has 0 spiro atoms. The van der Waals surface area contributed by atoms with Crippen LogP contribution in [-0.4, -0.2) is 27.7 Å². The number of aliphatic imine (C=N–C) groups is 1. The van der Waals surface area contributed by atoms with Gasteiger partial charge in [-0.15, -0.1) is 0 Å². The number of hydrogen-bond acceptors (Lipinski definition) is 4. The third-order valence-electron chi connectivity index (χ3n) is 2.56. The van der Waals surface area contributed by atoms with Crippen LogP contribution in [0.4, 0.5) is 5.69 Å². The van der Waals surface area contributed by atoms with Gasteiger partial charge in [-0.05, 0) is 26.0 Å². The van der Waals surface area contributed by atoms with Gasteiger partial charge in [0.1, 0.15) is 5.82 Å². The Morgan fingerprint density at radius 3 is 2.70 bits per heavy atom. The maximum absolute atomic E-state index is 9.25. The summed E-state index contributed by atoms with van der Waals surface area (Å²) >= 11 is 5.97. The van der Waals surface area contributed by atoms with E-state index in [1.807, 2.05) is 44.2 Å². The molecule has 1 heterocycles. The molecule has 4 N–H and O–H groups in total. The lowest BCUT2D eigenvalue weighted by molar-refractivity contribution is 0.221. The lowest BCUT2D eigenvalue weighted by atomic mass is 10.1. The first-order valence-electron chi connectivity index (χ1n) is 6.22. The van der Waals surface area contributed by atoms with E-state index in [9.17, 15) is 5.11 Å². The number of halogens is 1. The van der Waals surface area contributed by atoms with Crippen LogP contribution in [0.2, 0.25) is 0 Å². The molecule has 1 aliphatic heterocycles. The van der Waals surface area contributed by atoms with E-state index in [4.69, 9.17) is 11.8 Å². The average molecular weight is 296 g/mol. The van der Waals surface area contributed by atoms with Crippen LogP contribution in [0.3, 0.4) is 0 Å². The Kier molecular flexibility index (Phi) is 4.36. The molecule has 0 saturated carbocycles. The van der Waals surface area contributed by atoms with E-state index < -0.39 is 5.54 Å². The van der Waals surface area contributed by atoms with Gasteiger partial charge in [-0.25, -0.2) is 4.99 Å². The predicted molar refractivity (Wildman–Crippen MR) is 80.7 cm³/mol. The maximum Gasteiger partial charge on any atom is 0.217 e. The first-order chi connectivity index (χ1) is 9.48. The zero-order valence-corrected chi connectivity index (χ0v) is 12.1. The van der Waals surface area contributed by atoms with Gasteiger partial charge in [0.25, 0.3) is 0 Å². The molecule has 1 aromatic carbocycles. The Morgan fingerprint density at radius 2 is 2.05 bits per heavy atom. The SMILES string of the molecule is CC(C)(CO)N=C1NC(Nc2ccccc2)=CN(Cl)N1. The fraction of sp³-hybridized carbons (Fsp3) is 0.308. The fourth-order valence-corrected chi connectivity index (χ4v) is 1.74. The summed E-state index contributed by atoms with van der Waals surface area (Å²) in [5, 5.41) is 15.5. The van der Waals surface area contributed by atoms with Gasteiger partial charge in [0.15, 0.2) is 0 Å². The van der Waals surface area contributed by atoms with E-state index >= 15 is 0 Å². The van der Waals surface area contributed by atoms with Gasteiger partial charge in [-0.2, -0.15) is 4.53 Å². The van der Waals surface area contributed by atoms with Gasteiger partial charge in [-0.3, -0.25) is 5.43 Å². The second kappa shape index (κ2) is 6.02. The van der Waals surface area contributed by atoms with Crippen molar-refractivity contribution in [3.8, 4) is 0 Å². The van der Waals surface area contributed by atoms with Crippen LogP contribution in [0.25, 0.3) is 0 Å². The van der Waals surface area contributed by atoms with Crippen LogP contribution >= 0.6 is 11.8 Å². The van der Waals surface area contributed by atoms with Crippen molar-refractivity contribution in [2.24, 2.45) is 4.99 Å². The Hall–Kier alpha value is -1.92. The standard InChI is InChI=1S/C13H18ClN5O/c1-13(2,9-20)17-12-16-11(8-19(14)18-12)15-10-6-4-3-5-7-10/h3-8,15,20H,9H2,1-2H3,(H2,16,17,18). The summed E-state index contributed by atoms with van der Waals surface area (Å²) in [4.78, 5) is 4.37. The second-order valence-corrected chi connectivity index (χ2v) is 5.38. The molecule has 0 amide bonds. The van der Waals surface area contributed by atoms with Gasteiger partial charge in [-0.1, -0.05) is 18.2 Å². The number of aliphatic hydroxyl groups excluding tert-OH is 1. The molecule has 0 bridgehead atoms. The number of hydrazine groups is 1. The van der Waals surface area contributed by atoms with Crippen LogP contribution in [-0.2, 0) is 0 Å². The van der Waals surface area contributed by atoms with Crippen LogP contribution in [0, 0.1) is 0 Å². The number of aliphatic hydroxyl groups is 1. The number of guanidine groups is 1. The van der Waals surface area contributed by atoms with Crippen molar-refractivity contribution in [1.82, 2.24) is 15.3 Å². The topological polar surface area (TPSA) is 71.9 Å². The summed E-state index contributed by atoms with van der Waals surface area (Å²) in [6.45, 7) is 3.59. The van der Waals surface area contributed by atoms with Crippen LogP contribution in [0.5, 0.6) is 0 Å². The molecule has 20 heavy (non-hydrogen) atoms. The van der Waals surface area contributed by atoms with Crippen LogP contribution in [0.15, 0.2) is 47.3 Å². The summed E-state index contributed by atoms with van der Waals surface area (Å²) in [5.41, 5.74) is 3.17. The summed E-state index contributed by atoms with van der Waals surface area (Å²) in [6.07, 6.45) is 1.65. The Bertz CT molecular complexity index is 515. The summed E-state index contributed by atoms with van der Waals surface area (Å²) < 4.78 is 1.27. The molecule has 0 aliphatic carbocycles. The highest BCUT2D eigenvalue weighted by Crippen LogP contribution is 2.12. The van der Waals surface area contributed by atoms with Gasteiger partial charge >= 0.3 is 0 Å². The smallest absolute Gasteiger partial charge is 0.217 e. The number of hydrogen-bond donors (Lipinski definition) is 4. The van der Waals surface area contributed by atoms with Crippen molar-refractivity contribution < 1.29 is 5.11 Å². The highest BCUT2D eigenvalue weighted by molar-refractivity contribution is 6.15. The van der Waals surface area contributed by atoms with Gasteiger partial charge < -0.3 is 15.7 Å². The Morgan fingerprint density at radius 1 is 1.35 bits per heavy atom. The molecule has 2 rings (SSSR count). The molecule has 0 saturated heterocycles. The molecule has 1 aliphatic rings. The van der Waals surface area contributed by atoms with E-state index in [-0.39, 0.29) is 6.61 Å². The molecule has 6 nitrogen and oxygen atoms in total. The molecule has 0 unspecified atom stereocenters. The van der Waals surface area contributed by atoms with Crippen molar-refractivity contribution in [2.45, 2.75) is 19.4 Å². The molecule has 0 radical (unpaired) electrons. The first kappa shape index (κ1) is 14.5. The third kappa shape index (κ3) is 4.04. The van der Waals surface area contributed by atoms with Crippen molar-refractivity contribution in [1.29, 1.82) is 0 Å². The number of benzene rings is 1. The Labute approximate surface area is 123 Å². The van der Waals surface area contributed by atoms with Crippen molar-refractivity contribution in [2.75, 3.05) is 11.9 Å². The average Bonchev–Trinajstić information content (AvgIpc) is 2.38. The number of nitrogens with one attached hydrogen (secondary N) is 3. The quantitative estimate of drug-likeness (QED) is 0.635. The largest absolute Gasteiger partial charge is 0.394 e. The molecular weight excluding hydrogens is 278 g/mol. The van der Waals surface area contributed by atoms with Gasteiger partial charge in [0, 0.05) is 17.5 Å². The van der Waals surface area contributed by atoms with E-state index in [2.05, 4.69) is 21.1 Å². The number of para-hydroxylation sites is 1. The maximum atomic E-state index is 9.25. The lowest BCUT2D eigenvalue weighted by Gasteiger charge is -2.28. The molecule has 0 aromatic heterocycles. The van der Waals surface area contributed by atoms with Gasteiger partial charge in [0.2, 0.25) is 5.96 Å². The van der Waals surface area contributed by atoms with Crippen LogP contribution in [0.1, 0.15) is 13.8 Å². The minimum absolute atomic E-state index is 0.0622. The van der Waals surface area contributed by atoms with E-state index in [1.165, 1.54) is 4.53 Å². The normalized spacial score (nSPS) is 17.3. The van der Waals surface area contributed by atoms with E-state index in [0.29, 0.717) is 11.8 Å². The molecular formula is C13H18ClN5O. The zero-order valence-electron chi connectivity index (χ0n) is 11.4. The number of rotatable bonds is 4. The summed E-state index contributed by atoms with van der Waals surface area (Å²) in [5.74, 6) is 1.14. The summed E-state index contributed by atoms with van der Waals surface area (Å²) in [7, 11) is 0. The van der Waals surface area contributed by atoms with Crippen molar-refractivity contribution >= 4 is 23.4 Å². The van der Waals surface area contributed by atoms with E-state index in [1.54, 1.807) is 6.20 Å². The highest BCUT2D eigenvalue weighted by Gasteiger charge is 2.19. The first-order valence-corrected chi connectivity index (χ1v) is 6.56. The third-order valence-corrected chi connectivity index (χ3v) is 2.74. The Balaban J connectivity index is 2.11. The predicted octanol–water partition coefficient (Wildman–Crippen LogP) is 1.59. The molecule has 108 valence electrons. The second-order valence-electron chi connectivity index (χ2n) is 5.01. The minimum atomic E-state index is -0.595. The van der Waals surface area contributed by atoms with Crippen LogP contribution < -0.4 is 16.1 Å². The van der Waals surface area contributed by atoms with E-state index in [0.717, 1.165) is 5.69 Å². The minimum Gasteiger partial charge on any atom is -0.394 e. The lowest BCUT2D eigenvalue weighted by Crippen LogP contribution is -2.49. The molecule has 1 aromatic rings. The zero-order chi connectivity index (χ0) is 14.6. The molecule has 0 atom stereocenters. The fourth-order valence-electron chi connectivity index (χ4n) is 1.57. The van der Waals surface area contributed by atoms with Crippen molar-refractivity contribution in [3.63, 3.8) is 0 Å². The highest BCUT2D eigenvalue weighted by atomic mass is 35.5. The van der Waals surface area contributed by atoms with Gasteiger partial charge in [0.05, 0.1) is 18.3 Å². The molecule has 7 heteroatoms.